The second-order valence-corrected chi connectivity index (χ2v) is 8.57. The zero-order valence-corrected chi connectivity index (χ0v) is 16.7. The number of nitrogens with zero attached hydrogens (tertiary/aromatic N) is 1. The van der Waals surface area contributed by atoms with Crippen LogP contribution in [-0.4, -0.2) is 30.3 Å². The highest BCUT2D eigenvalue weighted by Gasteiger charge is 2.23. The Balaban J connectivity index is 1.64. The second kappa shape index (κ2) is 7.62. The van der Waals surface area contributed by atoms with Gasteiger partial charge in [-0.1, -0.05) is 19.1 Å². The average molecular weight is 371 g/mol. The van der Waals surface area contributed by atoms with Crippen molar-refractivity contribution in [2.45, 2.75) is 40.0 Å². The molecule has 5 heteroatoms. The molecule has 0 spiro atoms. The first-order valence-corrected chi connectivity index (χ1v) is 9.89. The molecule has 0 saturated carbocycles. The number of thiophene rings is 1. The molecule has 1 aromatic heterocycles. The van der Waals surface area contributed by atoms with Crippen LogP contribution in [0.1, 0.15) is 44.6 Å². The highest BCUT2D eigenvalue weighted by molar-refractivity contribution is 7.14. The quantitative estimate of drug-likeness (QED) is 0.877. The standard InChI is InChI=1S/C21H26N2O2S/c1-13-6-8-18-16(9-13)11-19(26-18)21(25)23(4)12-20(24)22-17-10-14(2)5-7-15(17)3/h5,7,10-11,13H,6,8-9,12H2,1-4H3,(H,22,24)/t13-/m1/s1. The lowest BCUT2D eigenvalue weighted by molar-refractivity contribution is -0.116. The second-order valence-electron chi connectivity index (χ2n) is 7.43. The summed E-state index contributed by atoms with van der Waals surface area (Å²) in [6.07, 6.45) is 3.30. The highest BCUT2D eigenvalue weighted by Crippen LogP contribution is 2.32. The van der Waals surface area contributed by atoms with Gasteiger partial charge in [0.15, 0.2) is 0 Å². The summed E-state index contributed by atoms with van der Waals surface area (Å²) in [7, 11) is 1.69. The van der Waals surface area contributed by atoms with Crippen LogP contribution in [-0.2, 0) is 17.6 Å². The van der Waals surface area contributed by atoms with Crippen molar-refractivity contribution < 1.29 is 9.59 Å². The highest BCUT2D eigenvalue weighted by atomic mass is 32.1. The summed E-state index contributed by atoms with van der Waals surface area (Å²) in [5.74, 6) is 0.429. The summed E-state index contributed by atoms with van der Waals surface area (Å²) in [4.78, 5) is 28.6. The van der Waals surface area contributed by atoms with Gasteiger partial charge in [0.25, 0.3) is 5.91 Å². The van der Waals surface area contributed by atoms with E-state index in [1.807, 2.05) is 38.1 Å². The molecule has 2 amide bonds. The van der Waals surface area contributed by atoms with E-state index in [4.69, 9.17) is 0 Å². The van der Waals surface area contributed by atoms with Gasteiger partial charge in [-0.25, -0.2) is 0 Å². The minimum atomic E-state index is -0.176. The van der Waals surface area contributed by atoms with Crippen LogP contribution in [0.15, 0.2) is 24.3 Å². The summed E-state index contributed by atoms with van der Waals surface area (Å²) in [5.41, 5.74) is 4.22. The van der Waals surface area contributed by atoms with Crippen LogP contribution in [0, 0.1) is 19.8 Å². The third-order valence-corrected chi connectivity index (χ3v) is 6.16. The largest absolute Gasteiger partial charge is 0.332 e. The number of anilines is 1. The number of likely N-dealkylation sites (N-methyl/N-ethyl adjacent to an activating group) is 1. The Morgan fingerprint density at radius 2 is 2.04 bits per heavy atom. The van der Waals surface area contributed by atoms with Gasteiger partial charge in [-0.2, -0.15) is 0 Å². The Morgan fingerprint density at radius 1 is 1.27 bits per heavy atom. The van der Waals surface area contributed by atoms with Crippen molar-refractivity contribution in [3.05, 3.63) is 50.7 Å². The predicted octanol–water partition coefficient (Wildman–Crippen LogP) is 4.20. The van der Waals surface area contributed by atoms with Gasteiger partial charge < -0.3 is 10.2 Å². The zero-order chi connectivity index (χ0) is 18.8. The van der Waals surface area contributed by atoms with E-state index in [9.17, 15) is 9.59 Å². The molecule has 1 heterocycles. The van der Waals surface area contributed by atoms with Crippen molar-refractivity contribution in [2.24, 2.45) is 5.92 Å². The van der Waals surface area contributed by atoms with Crippen LogP contribution in [0.5, 0.6) is 0 Å². The molecule has 1 aliphatic carbocycles. The first-order valence-electron chi connectivity index (χ1n) is 9.07. The number of nitrogens with one attached hydrogen (secondary N) is 1. The molecule has 0 bridgehead atoms. The molecule has 4 nitrogen and oxygen atoms in total. The van der Waals surface area contributed by atoms with E-state index in [0.29, 0.717) is 5.92 Å². The van der Waals surface area contributed by atoms with E-state index >= 15 is 0 Å². The number of benzene rings is 1. The van der Waals surface area contributed by atoms with Gasteiger partial charge in [0.2, 0.25) is 5.91 Å². The molecule has 0 radical (unpaired) electrons. The van der Waals surface area contributed by atoms with Gasteiger partial charge in [0, 0.05) is 17.6 Å². The lowest BCUT2D eigenvalue weighted by Crippen LogP contribution is -2.34. The lowest BCUT2D eigenvalue weighted by Gasteiger charge is -2.17. The topological polar surface area (TPSA) is 49.4 Å². The van der Waals surface area contributed by atoms with Gasteiger partial charge in [0.05, 0.1) is 11.4 Å². The van der Waals surface area contributed by atoms with E-state index in [-0.39, 0.29) is 18.4 Å². The minimum Gasteiger partial charge on any atom is -0.332 e. The summed E-state index contributed by atoms with van der Waals surface area (Å²) in [6.45, 7) is 6.25. The lowest BCUT2D eigenvalue weighted by atomic mass is 9.90. The molecule has 2 aromatic rings. The number of carbonyl (C=O) groups is 2. The maximum Gasteiger partial charge on any atom is 0.264 e. The summed E-state index contributed by atoms with van der Waals surface area (Å²) >= 11 is 1.59. The van der Waals surface area contributed by atoms with E-state index in [1.165, 1.54) is 21.8 Å². The Morgan fingerprint density at radius 3 is 2.81 bits per heavy atom. The zero-order valence-electron chi connectivity index (χ0n) is 15.9. The molecular formula is C21H26N2O2S. The summed E-state index contributed by atoms with van der Waals surface area (Å²) in [5, 5.41) is 2.91. The van der Waals surface area contributed by atoms with Crippen LogP contribution in [0.2, 0.25) is 0 Å². The van der Waals surface area contributed by atoms with Crippen LogP contribution in [0.25, 0.3) is 0 Å². The van der Waals surface area contributed by atoms with E-state index in [0.717, 1.165) is 34.5 Å². The van der Waals surface area contributed by atoms with Gasteiger partial charge in [-0.05, 0) is 67.9 Å². The molecule has 0 fully saturated rings. The van der Waals surface area contributed by atoms with Gasteiger partial charge in [-0.3, -0.25) is 9.59 Å². The molecule has 1 atom stereocenters. The summed E-state index contributed by atoms with van der Waals surface area (Å²) in [6, 6.07) is 7.97. The third kappa shape index (κ3) is 4.15. The molecule has 1 aromatic carbocycles. The normalized spacial score (nSPS) is 16.1. The molecule has 3 rings (SSSR count). The van der Waals surface area contributed by atoms with Crippen molar-refractivity contribution in [2.75, 3.05) is 18.9 Å². The van der Waals surface area contributed by atoms with E-state index in [2.05, 4.69) is 12.2 Å². The first-order chi connectivity index (χ1) is 12.3. The average Bonchev–Trinajstić information content (AvgIpc) is 3.00. The number of aryl methyl sites for hydroxylation is 3. The Labute approximate surface area is 159 Å². The van der Waals surface area contributed by atoms with Crippen LogP contribution < -0.4 is 5.32 Å². The smallest absolute Gasteiger partial charge is 0.264 e. The molecule has 1 N–H and O–H groups in total. The van der Waals surface area contributed by atoms with E-state index < -0.39 is 0 Å². The van der Waals surface area contributed by atoms with Crippen LogP contribution in [0.3, 0.4) is 0 Å². The maximum absolute atomic E-state index is 12.7. The number of hydrogen-bond donors (Lipinski definition) is 1. The van der Waals surface area contributed by atoms with Crippen molar-refractivity contribution in [1.29, 1.82) is 0 Å². The van der Waals surface area contributed by atoms with Gasteiger partial charge in [-0.15, -0.1) is 11.3 Å². The number of hydrogen-bond acceptors (Lipinski definition) is 3. The number of amides is 2. The SMILES string of the molecule is Cc1ccc(C)c(NC(=O)CN(C)C(=O)c2cc3c(s2)CC[C@@H](C)C3)c1. The Kier molecular flexibility index (Phi) is 5.47. The van der Waals surface area contributed by atoms with Gasteiger partial charge in [0.1, 0.15) is 0 Å². The Bertz CT molecular complexity index is 841. The molecule has 0 aliphatic heterocycles. The van der Waals surface area contributed by atoms with Crippen molar-refractivity contribution >= 4 is 28.8 Å². The molecular weight excluding hydrogens is 344 g/mol. The fourth-order valence-electron chi connectivity index (χ4n) is 3.35. The number of carbonyl (C=O) groups excluding carboxylic acids is 2. The minimum absolute atomic E-state index is 0.0468. The maximum atomic E-state index is 12.7. The van der Waals surface area contributed by atoms with Crippen molar-refractivity contribution in [3.63, 3.8) is 0 Å². The monoisotopic (exact) mass is 370 g/mol. The van der Waals surface area contributed by atoms with Crippen molar-refractivity contribution in [3.8, 4) is 0 Å². The molecule has 0 saturated heterocycles. The number of fused-ring (bicyclic) bond motifs is 1. The van der Waals surface area contributed by atoms with Crippen LogP contribution in [0.4, 0.5) is 5.69 Å². The number of rotatable bonds is 4. The van der Waals surface area contributed by atoms with Gasteiger partial charge >= 0.3 is 0 Å². The molecule has 138 valence electrons. The van der Waals surface area contributed by atoms with Crippen LogP contribution >= 0.6 is 11.3 Å². The third-order valence-electron chi connectivity index (χ3n) is 4.93. The van der Waals surface area contributed by atoms with Crippen molar-refractivity contribution in [1.82, 2.24) is 4.90 Å². The molecule has 0 unspecified atom stereocenters. The fraction of sp³-hybridized carbons (Fsp3) is 0.429. The fourth-order valence-corrected chi connectivity index (χ4v) is 4.55. The first kappa shape index (κ1) is 18.6. The summed E-state index contributed by atoms with van der Waals surface area (Å²) < 4.78 is 0. The molecule has 26 heavy (non-hydrogen) atoms. The Hall–Kier alpha value is -2.14. The predicted molar refractivity (Wildman–Crippen MR) is 107 cm³/mol. The molecule has 1 aliphatic rings. The van der Waals surface area contributed by atoms with E-state index in [1.54, 1.807) is 18.4 Å².